The molecule has 0 heterocycles. The number of aliphatic hydroxyl groups is 1. The van der Waals surface area contributed by atoms with E-state index in [1.54, 1.807) is 6.92 Å². The van der Waals surface area contributed by atoms with Gasteiger partial charge in [-0.15, -0.1) is 0 Å². The molecular formula is C8H17NO4S. The lowest BCUT2D eigenvalue weighted by Crippen LogP contribution is -2.37. The van der Waals surface area contributed by atoms with Gasteiger partial charge < -0.3 is 10.4 Å². The molecule has 0 aromatic rings. The van der Waals surface area contributed by atoms with Gasteiger partial charge in [0.05, 0.1) is 12.4 Å². The van der Waals surface area contributed by atoms with E-state index < -0.39 is 28.1 Å². The fourth-order valence-corrected chi connectivity index (χ4v) is 1.73. The second kappa shape index (κ2) is 5.98. The monoisotopic (exact) mass is 223 g/mol. The van der Waals surface area contributed by atoms with Gasteiger partial charge in [0.25, 0.3) is 0 Å². The predicted molar refractivity (Wildman–Crippen MR) is 53.6 cm³/mol. The van der Waals surface area contributed by atoms with Crippen LogP contribution in [0.25, 0.3) is 0 Å². The highest BCUT2D eigenvalue weighted by Crippen LogP contribution is 1.92. The summed E-state index contributed by atoms with van der Waals surface area (Å²) >= 11 is 0. The van der Waals surface area contributed by atoms with E-state index in [1.165, 1.54) is 0 Å². The summed E-state index contributed by atoms with van der Waals surface area (Å²) < 4.78 is 22.2. The minimum atomic E-state index is -3.45. The standard InChI is InChI=1S/C8H17NO4S/c1-3-7(2)9-8(11)6-14(12,13)5-4-10/h7,10H,3-6H2,1-2H3,(H,9,11). The molecule has 0 spiro atoms. The molecule has 84 valence electrons. The third-order valence-electron chi connectivity index (χ3n) is 1.77. The average molecular weight is 223 g/mol. The third-order valence-corrected chi connectivity index (χ3v) is 3.28. The fourth-order valence-electron chi connectivity index (χ4n) is 0.830. The maximum absolute atomic E-state index is 11.1. The van der Waals surface area contributed by atoms with Gasteiger partial charge in [-0.2, -0.15) is 0 Å². The second-order valence-corrected chi connectivity index (χ2v) is 5.38. The van der Waals surface area contributed by atoms with Crippen LogP contribution in [0.2, 0.25) is 0 Å². The van der Waals surface area contributed by atoms with Gasteiger partial charge >= 0.3 is 0 Å². The van der Waals surface area contributed by atoms with Gasteiger partial charge in [0, 0.05) is 6.04 Å². The minimum absolute atomic E-state index is 0.0215. The molecule has 0 aliphatic rings. The number of aliphatic hydroxyl groups excluding tert-OH is 1. The lowest BCUT2D eigenvalue weighted by Gasteiger charge is -2.10. The molecule has 5 nitrogen and oxygen atoms in total. The van der Waals surface area contributed by atoms with Crippen LogP contribution < -0.4 is 5.32 Å². The highest BCUT2D eigenvalue weighted by atomic mass is 32.2. The molecule has 1 atom stereocenters. The Balaban J connectivity index is 4.06. The van der Waals surface area contributed by atoms with Crippen molar-refractivity contribution < 1.29 is 18.3 Å². The van der Waals surface area contributed by atoms with E-state index in [9.17, 15) is 13.2 Å². The van der Waals surface area contributed by atoms with Crippen LogP contribution in [0.1, 0.15) is 20.3 Å². The van der Waals surface area contributed by atoms with Crippen molar-refractivity contribution in [2.45, 2.75) is 26.3 Å². The lowest BCUT2D eigenvalue weighted by molar-refractivity contribution is -0.119. The molecule has 0 aliphatic carbocycles. The van der Waals surface area contributed by atoms with Crippen molar-refractivity contribution >= 4 is 15.7 Å². The molecule has 2 N–H and O–H groups in total. The normalized spacial score (nSPS) is 13.6. The smallest absolute Gasteiger partial charge is 0.235 e. The molecule has 0 fully saturated rings. The Morgan fingerprint density at radius 3 is 2.50 bits per heavy atom. The Bertz CT molecular complexity index is 273. The Morgan fingerprint density at radius 1 is 1.50 bits per heavy atom. The number of hydrogen-bond acceptors (Lipinski definition) is 4. The highest BCUT2D eigenvalue weighted by molar-refractivity contribution is 7.92. The predicted octanol–water partition coefficient (Wildman–Crippen LogP) is -0.692. The number of nitrogens with one attached hydrogen (secondary N) is 1. The molecule has 0 radical (unpaired) electrons. The molecule has 0 saturated heterocycles. The van der Waals surface area contributed by atoms with Crippen molar-refractivity contribution in [3.05, 3.63) is 0 Å². The summed E-state index contributed by atoms with van der Waals surface area (Å²) in [5.74, 6) is -1.41. The Morgan fingerprint density at radius 2 is 2.07 bits per heavy atom. The molecule has 1 unspecified atom stereocenters. The quantitative estimate of drug-likeness (QED) is 0.624. The van der Waals surface area contributed by atoms with Gasteiger partial charge in [-0.05, 0) is 13.3 Å². The van der Waals surface area contributed by atoms with Gasteiger partial charge in [0.15, 0.2) is 9.84 Å². The first-order valence-corrected chi connectivity index (χ1v) is 6.34. The van der Waals surface area contributed by atoms with E-state index in [-0.39, 0.29) is 11.8 Å². The maximum atomic E-state index is 11.1. The molecule has 0 aliphatic heterocycles. The van der Waals surface area contributed by atoms with Gasteiger partial charge in [-0.3, -0.25) is 4.79 Å². The number of carbonyl (C=O) groups excluding carboxylic acids is 1. The molecule has 6 heteroatoms. The zero-order chi connectivity index (χ0) is 11.2. The van der Waals surface area contributed by atoms with Crippen molar-refractivity contribution in [3.8, 4) is 0 Å². The van der Waals surface area contributed by atoms with Crippen LogP contribution in [-0.2, 0) is 14.6 Å². The maximum Gasteiger partial charge on any atom is 0.235 e. The first-order chi connectivity index (χ1) is 6.41. The van der Waals surface area contributed by atoms with Crippen LogP contribution in [0.5, 0.6) is 0 Å². The number of carbonyl (C=O) groups is 1. The molecule has 0 bridgehead atoms. The van der Waals surface area contributed by atoms with Crippen LogP contribution in [0, 0.1) is 0 Å². The minimum Gasteiger partial charge on any atom is -0.395 e. The van der Waals surface area contributed by atoms with Gasteiger partial charge in [-0.1, -0.05) is 6.92 Å². The Kier molecular flexibility index (Phi) is 5.71. The second-order valence-electron chi connectivity index (χ2n) is 3.19. The van der Waals surface area contributed by atoms with Crippen molar-refractivity contribution in [2.24, 2.45) is 0 Å². The van der Waals surface area contributed by atoms with Crippen molar-refractivity contribution in [1.82, 2.24) is 5.32 Å². The Hall–Kier alpha value is -0.620. The number of hydrogen-bond donors (Lipinski definition) is 2. The van der Waals surface area contributed by atoms with E-state index in [1.807, 2.05) is 6.92 Å². The van der Waals surface area contributed by atoms with Gasteiger partial charge in [0.2, 0.25) is 5.91 Å². The van der Waals surface area contributed by atoms with Crippen LogP contribution in [0.3, 0.4) is 0 Å². The summed E-state index contributed by atoms with van der Waals surface area (Å²) in [5.41, 5.74) is 0. The van der Waals surface area contributed by atoms with E-state index in [2.05, 4.69) is 5.32 Å². The summed E-state index contributed by atoms with van der Waals surface area (Å²) in [5, 5.41) is 11.0. The first kappa shape index (κ1) is 13.4. The van der Waals surface area contributed by atoms with Crippen molar-refractivity contribution in [1.29, 1.82) is 0 Å². The van der Waals surface area contributed by atoms with Crippen LogP contribution in [-0.4, -0.2) is 43.6 Å². The zero-order valence-electron chi connectivity index (χ0n) is 8.49. The Labute approximate surface area is 84.4 Å². The summed E-state index contributed by atoms with van der Waals surface area (Å²) in [6.07, 6.45) is 0.756. The number of rotatable bonds is 6. The molecule has 0 aromatic heterocycles. The van der Waals surface area contributed by atoms with Crippen LogP contribution in [0.15, 0.2) is 0 Å². The van der Waals surface area contributed by atoms with Crippen molar-refractivity contribution in [3.63, 3.8) is 0 Å². The van der Waals surface area contributed by atoms with E-state index in [4.69, 9.17) is 5.11 Å². The van der Waals surface area contributed by atoms with E-state index in [0.717, 1.165) is 6.42 Å². The molecule has 0 saturated carbocycles. The fraction of sp³-hybridized carbons (Fsp3) is 0.875. The van der Waals surface area contributed by atoms with Crippen LogP contribution in [0.4, 0.5) is 0 Å². The molecule has 0 rings (SSSR count). The summed E-state index contributed by atoms with van der Waals surface area (Å²) in [6.45, 7) is 3.25. The zero-order valence-corrected chi connectivity index (χ0v) is 9.30. The molecule has 0 aromatic carbocycles. The third kappa shape index (κ3) is 5.93. The van der Waals surface area contributed by atoms with Crippen molar-refractivity contribution in [2.75, 3.05) is 18.1 Å². The number of sulfone groups is 1. The molecule has 14 heavy (non-hydrogen) atoms. The van der Waals surface area contributed by atoms with Gasteiger partial charge in [0.1, 0.15) is 5.75 Å². The topological polar surface area (TPSA) is 83.5 Å². The van der Waals surface area contributed by atoms with E-state index >= 15 is 0 Å². The summed E-state index contributed by atoms with van der Waals surface area (Å²) in [7, 11) is -3.45. The summed E-state index contributed by atoms with van der Waals surface area (Å²) in [4.78, 5) is 11.1. The molecular weight excluding hydrogens is 206 g/mol. The lowest BCUT2D eigenvalue weighted by atomic mass is 10.3. The molecule has 1 amide bonds. The van der Waals surface area contributed by atoms with Crippen LogP contribution >= 0.6 is 0 Å². The van der Waals surface area contributed by atoms with E-state index in [0.29, 0.717) is 0 Å². The van der Waals surface area contributed by atoms with Gasteiger partial charge in [-0.25, -0.2) is 8.42 Å². The average Bonchev–Trinajstić information content (AvgIpc) is 2.02. The SMILES string of the molecule is CCC(C)NC(=O)CS(=O)(=O)CCO. The first-order valence-electron chi connectivity index (χ1n) is 4.52. The highest BCUT2D eigenvalue weighted by Gasteiger charge is 2.16. The largest absolute Gasteiger partial charge is 0.395 e. The summed E-state index contributed by atoms with van der Waals surface area (Å²) in [6, 6.07) is -0.0215. The number of amides is 1.